The van der Waals surface area contributed by atoms with Crippen molar-refractivity contribution in [2.24, 2.45) is 0 Å². The van der Waals surface area contributed by atoms with Crippen LogP contribution in [0.4, 0.5) is 17.3 Å². The van der Waals surface area contributed by atoms with Crippen molar-refractivity contribution in [2.45, 2.75) is 25.8 Å². The van der Waals surface area contributed by atoms with Crippen molar-refractivity contribution in [3.8, 4) is 5.75 Å². The number of likely N-dealkylation sites (tertiary alicyclic amines) is 1. The number of benzene rings is 1. The van der Waals surface area contributed by atoms with Crippen molar-refractivity contribution in [3.63, 3.8) is 0 Å². The van der Waals surface area contributed by atoms with Crippen LogP contribution in [-0.2, 0) is 6.54 Å². The Hall–Kier alpha value is -2.94. The van der Waals surface area contributed by atoms with Gasteiger partial charge >= 0.3 is 5.69 Å². The van der Waals surface area contributed by atoms with Crippen molar-refractivity contribution < 1.29 is 9.66 Å². The second-order valence-electron chi connectivity index (χ2n) is 6.71. The van der Waals surface area contributed by atoms with Crippen molar-refractivity contribution in [3.05, 3.63) is 46.3 Å². The molecule has 0 atom stereocenters. The number of hydrogen-bond acceptors (Lipinski definition) is 8. The van der Waals surface area contributed by atoms with Crippen LogP contribution in [-0.4, -0.2) is 53.1 Å². The first-order valence-corrected chi connectivity index (χ1v) is 9.50. The van der Waals surface area contributed by atoms with Gasteiger partial charge in [-0.15, -0.1) is 0 Å². The number of nitrogens with one attached hydrogen (secondary N) is 2. The number of nitro groups is 1. The lowest BCUT2D eigenvalue weighted by Crippen LogP contribution is -2.33. The molecular formula is C19H26N6O3. The average Bonchev–Trinajstić information content (AvgIpc) is 2.73. The third kappa shape index (κ3) is 5.29. The van der Waals surface area contributed by atoms with E-state index in [1.54, 1.807) is 7.11 Å². The lowest BCUT2D eigenvalue weighted by molar-refractivity contribution is -0.383. The van der Waals surface area contributed by atoms with E-state index in [0.29, 0.717) is 13.1 Å². The van der Waals surface area contributed by atoms with Crippen molar-refractivity contribution >= 4 is 17.3 Å². The molecule has 0 saturated carbocycles. The third-order valence-corrected chi connectivity index (χ3v) is 4.79. The topological polar surface area (TPSA) is 105 Å². The fourth-order valence-electron chi connectivity index (χ4n) is 3.26. The van der Waals surface area contributed by atoms with Gasteiger partial charge in [-0.1, -0.05) is 18.6 Å². The molecule has 28 heavy (non-hydrogen) atoms. The quantitative estimate of drug-likeness (QED) is 0.501. The van der Waals surface area contributed by atoms with Crippen LogP contribution in [0.25, 0.3) is 0 Å². The molecular weight excluding hydrogens is 360 g/mol. The van der Waals surface area contributed by atoms with E-state index < -0.39 is 4.92 Å². The molecule has 2 aromatic rings. The van der Waals surface area contributed by atoms with E-state index in [9.17, 15) is 10.1 Å². The highest BCUT2D eigenvalue weighted by molar-refractivity contribution is 5.69. The van der Waals surface area contributed by atoms with Gasteiger partial charge in [-0.05, 0) is 43.6 Å². The number of rotatable bonds is 9. The highest BCUT2D eigenvalue weighted by Crippen LogP contribution is 2.29. The normalized spacial score (nSPS) is 14.5. The molecule has 0 amide bonds. The number of ether oxygens (including phenoxy) is 1. The standard InChI is InChI=1S/C19H26N6O3/c1-28-16-7-5-15(6-8-16)13-21-19-17(25(26)27)18(22-14-23-19)20-9-12-24-10-3-2-4-11-24/h5-8,14H,2-4,9-13H2,1H3,(H2,20,21,22,23). The maximum atomic E-state index is 11.6. The molecule has 0 unspecified atom stereocenters. The summed E-state index contributed by atoms with van der Waals surface area (Å²) in [4.78, 5) is 21.7. The van der Waals surface area contributed by atoms with Gasteiger partial charge in [0.15, 0.2) is 0 Å². The zero-order valence-corrected chi connectivity index (χ0v) is 16.1. The molecule has 1 aliphatic rings. The van der Waals surface area contributed by atoms with E-state index in [0.717, 1.165) is 30.9 Å². The predicted molar refractivity (Wildman–Crippen MR) is 108 cm³/mol. The van der Waals surface area contributed by atoms with Gasteiger partial charge in [-0.3, -0.25) is 10.1 Å². The molecule has 150 valence electrons. The molecule has 0 radical (unpaired) electrons. The number of hydrogen-bond donors (Lipinski definition) is 2. The van der Waals surface area contributed by atoms with Crippen LogP contribution in [0.1, 0.15) is 24.8 Å². The van der Waals surface area contributed by atoms with E-state index in [-0.39, 0.29) is 17.3 Å². The fourth-order valence-corrected chi connectivity index (χ4v) is 3.26. The first-order valence-electron chi connectivity index (χ1n) is 9.50. The first-order chi connectivity index (χ1) is 13.7. The van der Waals surface area contributed by atoms with Crippen LogP contribution in [0.2, 0.25) is 0 Å². The van der Waals surface area contributed by atoms with Gasteiger partial charge in [-0.25, -0.2) is 9.97 Å². The Labute approximate surface area is 164 Å². The number of piperidine rings is 1. The number of methoxy groups -OCH3 is 1. The molecule has 9 nitrogen and oxygen atoms in total. The molecule has 0 bridgehead atoms. The summed E-state index contributed by atoms with van der Waals surface area (Å²) in [5, 5.41) is 17.8. The molecule has 1 saturated heterocycles. The Morgan fingerprint density at radius 1 is 1.11 bits per heavy atom. The van der Waals surface area contributed by atoms with Crippen LogP contribution in [0.15, 0.2) is 30.6 Å². The summed E-state index contributed by atoms with van der Waals surface area (Å²) in [5.41, 5.74) is 0.836. The zero-order valence-electron chi connectivity index (χ0n) is 16.1. The summed E-state index contributed by atoms with van der Waals surface area (Å²) in [5.74, 6) is 1.21. The number of aromatic nitrogens is 2. The summed E-state index contributed by atoms with van der Waals surface area (Å²) in [6.45, 7) is 4.03. The van der Waals surface area contributed by atoms with Gasteiger partial charge < -0.3 is 20.3 Å². The number of anilines is 2. The van der Waals surface area contributed by atoms with Gasteiger partial charge in [0.05, 0.1) is 12.0 Å². The molecule has 9 heteroatoms. The van der Waals surface area contributed by atoms with Crippen LogP contribution in [0.5, 0.6) is 5.75 Å². The maximum absolute atomic E-state index is 11.6. The Balaban J connectivity index is 1.63. The van der Waals surface area contributed by atoms with E-state index >= 15 is 0 Å². The molecule has 2 heterocycles. The highest BCUT2D eigenvalue weighted by atomic mass is 16.6. The predicted octanol–water partition coefficient (Wildman–Crippen LogP) is 2.90. The second-order valence-corrected chi connectivity index (χ2v) is 6.71. The van der Waals surface area contributed by atoms with Crippen LogP contribution >= 0.6 is 0 Å². The highest BCUT2D eigenvalue weighted by Gasteiger charge is 2.23. The lowest BCUT2D eigenvalue weighted by atomic mass is 10.1. The minimum atomic E-state index is -0.445. The molecule has 1 fully saturated rings. The fraction of sp³-hybridized carbons (Fsp3) is 0.474. The van der Waals surface area contributed by atoms with Crippen molar-refractivity contribution in [1.82, 2.24) is 14.9 Å². The molecule has 0 spiro atoms. The Kier molecular flexibility index (Phi) is 6.96. The van der Waals surface area contributed by atoms with Gasteiger partial charge in [0.1, 0.15) is 12.1 Å². The van der Waals surface area contributed by atoms with Gasteiger partial charge in [0.25, 0.3) is 0 Å². The lowest BCUT2D eigenvalue weighted by Gasteiger charge is -2.26. The molecule has 0 aliphatic carbocycles. The molecule has 2 N–H and O–H groups in total. The molecule has 1 aliphatic heterocycles. The SMILES string of the molecule is COc1ccc(CNc2ncnc(NCCN3CCCCC3)c2[N+](=O)[O-])cc1. The smallest absolute Gasteiger partial charge is 0.353 e. The van der Waals surface area contributed by atoms with Crippen molar-refractivity contribution in [2.75, 3.05) is 43.9 Å². The number of nitrogens with zero attached hydrogens (tertiary/aromatic N) is 4. The molecule has 3 rings (SSSR count). The van der Waals surface area contributed by atoms with Crippen LogP contribution in [0.3, 0.4) is 0 Å². The van der Waals surface area contributed by atoms with E-state index in [4.69, 9.17) is 4.74 Å². The van der Waals surface area contributed by atoms with Crippen LogP contribution in [0, 0.1) is 10.1 Å². The summed E-state index contributed by atoms with van der Waals surface area (Å²) in [6.07, 6.45) is 5.05. The third-order valence-electron chi connectivity index (χ3n) is 4.79. The van der Waals surface area contributed by atoms with E-state index in [2.05, 4.69) is 25.5 Å². The molecule has 1 aromatic carbocycles. The van der Waals surface area contributed by atoms with Gasteiger partial charge in [0.2, 0.25) is 11.6 Å². The second kappa shape index (κ2) is 9.84. The van der Waals surface area contributed by atoms with Gasteiger partial charge in [-0.2, -0.15) is 0 Å². The minimum absolute atomic E-state index is 0.130. The Bertz CT molecular complexity index is 778. The zero-order chi connectivity index (χ0) is 19.8. The monoisotopic (exact) mass is 386 g/mol. The summed E-state index contributed by atoms with van der Waals surface area (Å²) in [7, 11) is 1.61. The van der Waals surface area contributed by atoms with Crippen molar-refractivity contribution in [1.29, 1.82) is 0 Å². The molecule has 1 aromatic heterocycles. The maximum Gasteiger partial charge on any atom is 0.353 e. The Morgan fingerprint density at radius 3 is 2.43 bits per heavy atom. The summed E-state index contributed by atoms with van der Waals surface area (Å²) >= 11 is 0. The first kappa shape index (κ1) is 19.8. The van der Waals surface area contributed by atoms with Crippen LogP contribution < -0.4 is 15.4 Å². The summed E-state index contributed by atoms with van der Waals surface area (Å²) < 4.78 is 5.14. The van der Waals surface area contributed by atoms with E-state index in [1.165, 1.54) is 25.6 Å². The summed E-state index contributed by atoms with van der Waals surface area (Å²) in [6, 6.07) is 7.49. The Morgan fingerprint density at radius 2 is 1.79 bits per heavy atom. The average molecular weight is 386 g/mol. The van der Waals surface area contributed by atoms with E-state index in [1.807, 2.05) is 24.3 Å². The largest absolute Gasteiger partial charge is 0.497 e. The minimum Gasteiger partial charge on any atom is -0.497 e. The van der Waals surface area contributed by atoms with Gasteiger partial charge in [0, 0.05) is 19.6 Å².